The van der Waals surface area contributed by atoms with Crippen molar-refractivity contribution in [3.8, 4) is 0 Å². The molecule has 1 unspecified atom stereocenters. The maximum absolute atomic E-state index is 3.80. The highest BCUT2D eigenvalue weighted by molar-refractivity contribution is 7.99. The van der Waals surface area contributed by atoms with E-state index in [1.807, 2.05) is 0 Å². The SMILES string of the molecule is C1CCC(C2CN(CCN3CCSCC3)CCN2)CC1. The van der Waals surface area contributed by atoms with E-state index in [1.165, 1.54) is 89.4 Å². The number of piperazine rings is 1. The van der Waals surface area contributed by atoms with Gasteiger partial charge in [-0.2, -0.15) is 11.8 Å². The molecule has 0 aromatic rings. The van der Waals surface area contributed by atoms with Crippen molar-refractivity contribution >= 4 is 11.8 Å². The third-order valence-corrected chi connectivity index (χ3v) is 6.29. The maximum Gasteiger partial charge on any atom is 0.0223 e. The Morgan fingerprint density at radius 1 is 0.900 bits per heavy atom. The van der Waals surface area contributed by atoms with E-state index < -0.39 is 0 Å². The Balaban J connectivity index is 1.40. The van der Waals surface area contributed by atoms with Crippen molar-refractivity contribution in [2.24, 2.45) is 5.92 Å². The van der Waals surface area contributed by atoms with Gasteiger partial charge in [-0.1, -0.05) is 19.3 Å². The van der Waals surface area contributed by atoms with Gasteiger partial charge in [-0.05, 0) is 18.8 Å². The summed E-state index contributed by atoms with van der Waals surface area (Å²) in [4.78, 5) is 5.38. The second-order valence-electron chi connectivity index (χ2n) is 6.71. The van der Waals surface area contributed by atoms with E-state index in [2.05, 4.69) is 26.9 Å². The summed E-state index contributed by atoms with van der Waals surface area (Å²) in [5, 5.41) is 3.80. The van der Waals surface area contributed by atoms with Crippen molar-refractivity contribution in [2.75, 3.05) is 57.3 Å². The summed E-state index contributed by atoms with van der Waals surface area (Å²) >= 11 is 2.11. The van der Waals surface area contributed by atoms with Gasteiger partial charge in [0.1, 0.15) is 0 Å². The zero-order chi connectivity index (χ0) is 13.6. The van der Waals surface area contributed by atoms with Crippen molar-refractivity contribution in [3.63, 3.8) is 0 Å². The smallest absolute Gasteiger partial charge is 0.0223 e. The molecule has 20 heavy (non-hydrogen) atoms. The first-order valence-electron chi connectivity index (χ1n) is 8.68. The molecule has 0 bridgehead atoms. The van der Waals surface area contributed by atoms with Crippen LogP contribution in [0.1, 0.15) is 32.1 Å². The molecule has 3 nitrogen and oxygen atoms in total. The van der Waals surface area contributed by atoms with Gasteiger partial charge < -0.3 is 10.2 Å². The lowest BCUT2D eigenvalue weighted by Crippen LogP contribution is -2.55. The largest absolute Gasteiger partial charge is 0.311 e. The van der Waals surface area contributed by atoms with Gasteiger partial charge in [-0.3, -0.25) is 4.90 Å². The van der Waals surface area contributed by atoms with Gasteiger partial charge in [0.2, 0.25) is 0 Å². The minimum Gasteiger partial charge on any atom is -0.311 e. The Labute approximate surface area is 128 Å². The minimum atomic E-state index is 0.779. The predicted molar refractivity (Wildman–Crippen MR) is 88.6 cm³/mol. The van der Waals surface area contributed by atoms with Crippen molar-refractivity contribution in [3.05, 3.63) is 0 Å². The van der Waals surface area contributed by atoms with Crippen LogP contribution in [-0.2, 0) is 0 Å². The molecule has 2 aliphatic heterocycles. The second kappa shape index (κ2) is 8.02. The Kier molecular flexibility index (Phi) is 6.07. The van der Waals surface area contributed by atoms with Crippen molar-refractivity contribution in [2.45, 2.75) is 38.1 Å². The van der Waals surface area contributed by atoms with E-state index in [1.54, 1.807) is 0 Å². The van der Waals surface area contributed by atoms with Crippen LogP contribution in [0.4, 0.5) is 0 Å². The minimum absolute atomic E-state index is 0.779. The van der Waals surface area contributed by atoms with Gasteiger partial charge in [-0.15, -0.1) is 0 Å². The zero-order valence-corrected chi connectivity index (χ0v) is 13.7. The first-order chi connectivity index (χ1) is 9.92. The number of rotatable bonds is 4. The summed E-state index contributed by atoms with van der Waals surface area (Å²) in [6, 6.07) is 0.779. The molecule has 4 heteroatoms. The van der Waals surface area contributed by atoms with Crippen LogP contribution < -0.4 is 5.32 Å². The Bertz CT molecular complexity index is 275. The first-order valence-corrected chi connectivity index (χ1v) is 9.83. The lowest BCUT2D eigenvalue weighted by atomic mass is 9.83. The summed E-state index contributed by atoms with van der Waals surface area (Å²) < 4.78 is 0. The van der Waals surface area contributed by atoms with E-state index in [0.717, 1.165) is 12.0 Å². The number of hydrogen-bond donors (Lipinski definition) is 1. The van der Waals surface area contributed by atoms with Gasteiger partial charge in [-0.25, -0.2) is 0 Å². The fourth-order valence-corrected chi connectivity index (χ4v) is 4.98. The summed E-state index contributed by atoms with van der Waals surface area (Å²) in [6.07, 6.45) is 7.34. The van der Waals surface area contributed by atoms with Crippen molar-refractivity contribution < 1.29 is 0 Å². The topological polar surface area (TPSA) is 18.5 Å². The van der Waals surface area contributed by atoms with Crippen LogP contribution in [0, 0.1) is 5.92 Å². The van der Waals surface area contributed by atoms with Crippen LogP contribution >= 0.6 is 11.8 Å². The monoisotopic (exact) mass is 297 g/mol. The van der Waals surface area contributed by atoms with Gasteiger partial charge in [0.25, 0.3) is 0 Å². The van der Waals surface area contributed by atoms with Crippen LogP contribution in [0.2, 0.25) is 0 Å². The standard InChI is InChI=1S/C16H31N3S/c1-2-4-15(5-3-1)16-14-19(7-6-17-16)9-8-18-10-12-20-13-11-18/h15-17H,1-14H2. The molecule has 0 amide bonds. The second-order valence-corrected chi connectivity index (χ2v) is 7.94. The van der Waals surface area contributed by atoms with Crippen LogP contribution in [0.3, 0.4) is 0 Å². The van der Waals surface area contributed by atoms with Crippen LogP contribution in [0.5, 0.6) is 0 Å². The van der Waals surface area contributed by atoms with Gasteiger partial charge >= 0.3 is 0 Å². The summed E-state index contributed by atoms with van der Waals surface area (Å²) in [6.45, 7) is 8.95. The van der Waals surface area contributed by atoms with E-state index in [9.17, 15) is 0 Å². The normalized spacial score (nSPS) is 31.5. The molecule has 3 rings (SSSR count). The van der Waals surface area contributed by atoms with Crippen LogP contribution in [0.15, 0.2) is 0 Å². The van der Waals surface area contributed by atoms with Gasteiger partial charge in [0.15, 0.2) is 0 Å². The average Bonchev–Trinajstić information content (AvgIpc) is 2.55. The molecule has 0 radical (unpaired) electrons. The van der Waals surface area contributed by atoms with E-state index in [-0.39, 0.29) is 0 Å². The lowest BCUT2D eigenvalue weighted by molar-refractivity contribution is 0.132. The third kappa shape index (κ3) is 4.36. The Morgan fingerprint density at radius 2 is 1.65 bits per heavy atom. The molecular formula is C16H31N3S. The molecular weight excluding hydrogens is 266 g/mol. The highest BCUT2D eigenvalue weighted by Gasteiger charge is 2.27. The molecule has 3 fully saturated rings. The molecule has 0 spiro atoms. The number of nitrogens with one attached hydrogen (secondary N) is 1. The average molecular weight is 298 g/mol. The molecule has 0 aromatic heterocycles. The first kappa shape index (κ1) is 15.1. The van der Waals surface area contributed by atoms with Crippen molar-refractivity contribution in [1.82, 2.24) is 15.1 Å². The summed E-state index contributed by atoms with van der Waals surface area (Å²) in [5.74, 6) is 3.64. The highest BCUT2D eigenvalue weighted by Crippen LogP contribution is 2.27. The zero-order valence-electron chi connectivity index (χ0n) is 12.9. The fraction of sp³-hybridized carbons (Fsp3) is 1.00. The lowest BCUT2D eigenvalue weighted by Gasteiger charge is -2.40. The van der Waals surface area contributed by atoms with E-state index in [4.69, 9.17) is 0 Å². The quantitative estimate of drug-likeness (QED) is 0.854. The Hall–Kier alpha value is 0.230. The summed E-state index contributed by atoms with van der Waals surface area (Å²) in [5.41, 5.74) is 0. The molecule has 2 heterocycles. The number of hydrogen-bond acceptors (Lipinski definition) is 4. The number of thioether (sulfide) groups is 1. The molecule has 1 N–H and O–H groups in total. The Morgan fingerprint density at radius 3 is 2.45 bits per heavy atom. The molecule has 116 valence electrons. The molecule has 0 aromatic carbocycles. The highest BCUT2D eigenvalue weighted by atomic mass is 32.2. The predicted octanol–water partition coefficient (Wildman–Crippen LogP) is 1.89. The van der Waals surface area contributed by atoms with Gasteiger partial charge in [0, 0.05) is 63.4 Å². The van der Waals surface area contributed by atoms with Gasteiger partial charge in [0.05, 0.1) is 0 Å². The summed E-state index contributed by atoms with van der Waals surface area (Å²) in [7, 11) is 0. The third-order valence-electron chi connectivity index (χ3n) is 5.34. The fourth-order valence-electron chi connectivity index (χ4n) is 4.01. The molecule has 1 atom stereocenters. The van der Waals surface area contributed by atoms with Crippen LogP contribution in [-0.4, -0.2) is 73.2 Å². The molecule has 2 saturated heterocycles. The molecule has 1 aliphatic carbocycles. The van der Waals surface area contributed by atoms with Crippen LogP contribution in [0.25, 0.3) is 0 Å². The molecule has 3 aliphatic rings. The maximum atomic E-state index is 3.80. The molecule has 1 saturated carbocycles. The van der Waals surface area contributed by atoms with E-state index >= 15 is 0 Å². The van der Waals surface area contributed by atoms with E-state index in [0.29, 0.717) is 0 Å². The number of nitrogens with zero attached hydrogens (tertiary/aromatic N) is 2. The van der Waals surface area contributed by atoms with Crippen molar-refractivity contribution in [1.29, 1.82) is 0 Å².